The number of hydrogen-bond donors (Lipinski definition) is 0. The number of nitrogens with zero attached hydrogens (tertiary/aromatic N) is 2. The van der Waals surface area contributed by atoms with E-state index in [2.05, 4.69) is 4.98 Å². The lowest BCUT2D eigenvalue weighted by Gasteiger charge is -2.05. The SMILES string of the molecule is CCn1ccnc1Oc1ccc(F)cc1. The van der Waals surface area contributed by atoms with Crippen LogP contribution in [0.2, 0.25) is 0 Å². The molecule has 1 aromatic carbocycles. The number of ether oxygens (including phenoxy) is 1. The van der Waals surface area contributed by atoms with E-state index in [0.29, 0.717) is 11.8 Å². The van der Waals surface area contributed by atoms with Crippen LogP contribution in [0, 0.1) is 5.82 Å². The lowest BCUT2D eigenvalue weighted by Crippen LogP contribution is -1.97. The maximum Gasteiger partial charge on any atom is 0.301 e. The molecular weight excluding hydrogens is 195 g/mol. The van der Waals surface area contributed by atoms with Gasteiger partial charge in [-0.15, -0.1) is 0 Å². The Labute approximate surface area is 87.1 Å². The van der Waals surface area contributed by atoms with Crippen LogP contribution in [0.1, 0.15) is 6.92 Å². The smallest absolute Gasteiger partial charge is 0.301 e. The molecule has 0 aliphatic carbocycles. The topological polar surface area (TPSA) is 27.1 Å². The Morgan fingerprint density at radius 2 is 2.07 bits per heavy atom. The molecule has 0 saturated heterocycles. The van der Waals surface area contributed by atoms with Crippen molar-refractivity contribution in [3.63, 3.8) is 0 Å². The molecule has 1 aromatic heterocycles. The van der Waals surface area contributed by atoms with Crippen LogP contribution in [-0.2, 0) is 6.54 Å². The van der Waals surface area contributed by atoms with Crippen LogP contribution < -0.4 is 4.74 Å². The minimum atomic E-state index is -0.277. The summed E-state index contributed by atoms with van der Waals surface area (Å²) in [6, 6.07) is 6.38. The Morgan fingerprint density at radius 1 is 1.33 bits per heavy atom. The number of halogens is 1. The molecule has 2 aromatic rings. The van der Waals surface area contributed by atoms with Crippen molar-refractivity contribution in [3.8, 4) is 11.8 Å². The largest absolute Gasteiger partial charge is 0.426 e. The monoisotopic (exact) mass is 206 g/mol. The summed E-state index contributed by atoms with van der Waals surface area (Å²) in [6.45, 7) is 2.79. The van der Waals surface area contributed by atoms with Gasteiger partial charge in [-0.05, 0) is 31.2 Å². The van der Waals surface area contributed by atoms with Gasteiger partial charge in [-0.2, -0.15) is 0 Å². The zero-order valence-corrected chi connectivity index (χ0v) is 8.35. The predicted octanol–water partition coefficient (Wildman–Crippen LogP) is 2.83. The van der Waals surface area contributed by atoms with Gasteiger partial charge >= 0.3 is 6.01 Å². The Balaban J connectivity index is 2.18. The maximum atomic E-state index is 12.6. The van der Waals surface area contributed by atoms with Crippen LogP contribution >= 0.6 is 0 Å². The van der Waals surface area contributed by atoms with Gasteiger partial charge in [-0.1, -0.05) is 0 Å². The van der Waals surface area contributed by atoms with Gasteiger partial charge in [-0.3, -0.25) is 0 Å². The molecule has 0 spiro atoms. The standard InChI is InChI=1S/C11H11FN2O/c1-2-14-8-7-13-11(14)15-10-5-3-9(12)4-6-10/h3-8H,2H2,1H3. The molecule has 0 atom stereocenters. The van der Waals surface area contributed by atoms with Gasteiger partial charge in [0.25, 0.3) is 0 Å². The fraction of sp³-hybridized carbons (Fsp3) is 0.182. The van der Waals surface area contributed by atoms with Gasteiger partial charge in [-0.25, -0.2) is 9.37 Å². The van der Waals surface area contributed by atoms with Crippen molar-refractivity contribution in [2.24, 2.45) is 0 Å². The molecule has 0 saturated carbocycles. The lowest BCUT2D eigenvalue weighted by molar-refractivity contribution is 0.414. The first-order chi connectivity index (χ1) is 7.29. The van der Waals surface area contributed by atoms with E-state index < -0.39 is 0 Å². The average Bonchev–Trinajstić information content (AvgIpc) is 2.69. The van der Waals surface area contributed by atoms with Crippen molar-refractivity contribution in [3.05, 3.63) is 42.5 Å². The Kier molecular flexibility index (Phi) is 2.67. The zero-order chi connectivity index (χ0) is 10.7. The molecule has 0 unspecified atom stereocenters. The molecule has 0 N–H and O–H groups in total. The van der Waals surface area contributed by atoms with Gasteiger partial charge in [0.15, 0.2) is 0 Å². The first-order valence-corrected chi connectivity index (χ1v) is 4.74. The Bertz CT molecular complexity index is 436. The summed E-state index contributed by atoms with van der Waals surface area (Å²) in [6.07, 6.45) is 3.50. The lowest BCUT2D eigenvalue weighted by atomic mass is 10.3. The van der Waals surface area contributed by atoms with Gasteiger partial charge in [0, 0.05) is 18.9 Å². The number of aryl methyl sites for hydroxylation is 1. The second-order valence-electron chi connectivity index (χ2n) is 3.05. The molecule has 1 heterocycles. The second kappa shape index (κ2) is 4.13. The van der Waals surface area contributed by atoms with Gasteiger partial charge in [0.2, 0.25) is 0 Å². The highest BCUT2D eigenvalue weighted by molar-refractivity contribution is 5.25. The number of imidazole rings is 1. The third-order valence-corrected chi connectivity index (χ3v) is 2.04. The highest BCUT2D eigenvalue weighted by Crippen LogP contribution is 2.19. The average molecular weight is 206 g/mol. The minimum absolute atomic E-state index is 0.277. The van der Waals surface area contributed by atoms with Crippen LogP contribution in [0.3, 0.4) is 0 Å². The van der Waals surface area contributed by atoms with Crippen molar-refractivity contribution >= 4 is 0 Å². The maximum absolute atomic E-state index is 12.6. The molecule has 0 amide bonds. The zero-order valence-electron chi connectivity index (χ0n) is 8.35. The van der Waals surface area contributed by atoms with Crippen molar-refractivity contribution in [2.75, 3.05) is 0 Å². The molecule has 0 aliphatic heterocycles. The summed E-state index contributed by atoms with van der Waals surface area (Å²) < 4.78 is 20.0. The van der Waals surface area contributed by atoms with Crippen molar-refractivity contribution in [2.45, 2.75) is 13.5 Å². The normalized spacial score (nSPS) is 10.3. The molecule has 2 rings (SSSR count). The van der Waals surface area contributed by atoms with Crippen LogP contribution in [0.15, 0.2) is 36.7 Å². The van der Waals surface area contributed by atoms with E-state index in [-0.39, 0.29) is 5.82 Å². The van der Waals surface area contributed by atoms with E-state index in [9.17, 15) is 4.39 Å². The first-order valence-electron chi connectivity index (χ1n) is 4.74. The summed E-state index contributed by atoms with van der Waals surface area (Å²) in [5.41, 5.74) is 0. The summed E-state index contributed by atoms with van der Waals surface area (Å²) in [5, 5.41) is 0. The van der Waals surface area contributed by atoms with E-state index >= 15 is 0 Å². The molecule has 4 heteroatoms. The predicted molar refractivity (Wildman–Crippen MR) is 54.4 cm³/mol. The van der Waals surface area contributed by atoms with Gasteiger partial charge in [0.1, 0.15) is 11.6 Å². The molecule has 3 nitrogen and oxygen atoms in total. The van der Waals surface area contributed by atoms with E-state index in [1.165, 1.54) is 12.1 Å². The highest BCUT2D eigenvalue weighted by Gasteiger charge is 2.03. The van der Waals surface area contributed by atoms with E-state index in [1.54, 1.807) is 18.3 Å². The van der Waals surface area contributed by atoms with E-state index in [0.717, 1.165) is 6.54 Å². The van der Waals surface area contributed by atoms with E-state index in [1.807, 2.05) is 17.7 Å². The fourth-order valence-electron chi connectivity index (χ4n) is 1.25. The number of hydrogen-bond acceptors (Lipinski definition) is 2. The molecule has 78 valence electrons. The van der Waals surface area contributed by atoms with Crippen molar-refractivity contribution in [1.29, 1.82) is 0 Å². The molecule has 0 fully saturated rings. The van der Waals surface area contributed by atoms with Gasteiger partial charge in [0.05, 0.1) is 0 Å². The van der Waals surface area contributed by atoms with Gasteiger partial charge < -0.3 is 9.30 Å². The molecule has 0 radical (unpaired) electrons. The Hall–Kier alpha value is -1.84. The number of aromatic nitrogens is 2. The Morgan fingerprint density at radius 3 is 2.73 bits per heavy atom. The molecule has 15 heavy (non-hydrogen) atoms. The van der Waals surface area contributed by atoms with Crippen molar-refractivity contribution in [1.82, 2.24) is 9.55 Å². The van der Waals surface area contributed by atoms with Crippen molar-refractivity contribution < 1.29 is 9.13 Å². The summed E-state index contributed by atoms with van der Waals surface area (Å²) in [4.78, 5) is 4.05. The van der Waals surface area contributed by atoms with Crippen LogP contribution in [0.4, 0.5) is 4.39 Å². The summed E-state index contributed by atoms with van der Waals surface area (Å²) in [7, 11) is 0. The summed E-state index contributed by atoms with van der Waals surface area (Å²) >= 11 is 0. The number of rotatable bonds is 3. The number of benzene rings is 1. The highest BCUT2D eigenvalue weighted by atomic mass is 19.1. The summed E-state index contributed by atoms with van der Waals surface area (Å²) in [5.74, 6) is 0.304. The van der Waals surface area contributed by atoms with E-state index in [4.69, 9.17) is 4.74 Å². The third-order valence-electron chi connectivity index (χ3n) is 2.04. The minimum Gasteiger partial charge on any atom is -0.426 e. The third kappa shape index (κ3) is 2.15. The first kappa shape index (κ1) is 9.71. The molecule has 0 bridgehead atoms. The van der Waals surface area contributed by atoms with Crippen LogP contribution in [0.5, 0.6) is 11.8 Å². The fourth-order valence-corrected chi connectivity index (χ4v) is 1.25. The van der Waals surface area contributed by atoms with Crippen LogP contribution in [-0.4, -0.2) is 9.55 Å². The second-order valence-corrected chi connectivity index (χ2v) is 3.05. The molecular formula is C11H11FN2O. The quantitative estimate of drug-likeness (QED) is 0.772. The van der Waals surface area contributed by atoms with Crippen LogP contribution in [0.25, 0.3) is 0 Å². The molecule has 0 aliphatic rings.